The van der Waals surface area contributed by atoms with Gasteiger partial charge in [-0.2, -0.15) is 0 Å². The average molecular weight is 314 g/mol. The third kappa shape index (κ3) is 2.90. The SMILES string of the molecule is COc1ccc(C)cc1NC(=O)N1CCSc2ccccc21. The van der Waals surface area contributed by atoms with Crippen molar-refractivity contribution in [1.29, 1.82) is 0 Å². The van der Waals surface area contributed by atoms with Crippen LogP contribution in [0.15, 0.2) is 47.4 Å². The van der Waals surface area contributed by atoms with Crippen LogP contribution < -0.4 is 15.0 Å². The van der Waals surface area contributed by atoms with Crippen LogP contribution in [0.2, 0.25) is 0 Å². The molecule has 0 aliphatic carbocycles. The van der Waals surface area contributed by atoms with E-state index < -0.39 is 0 Å². The van der Waals surface area contributed by atoms with Crippen molar-refractivity contribution in [3.05, 3.63) is 48.0 Å². The number of aryl methyl sites for hydroxylation is 1. The van der Waals surface area contributed by atoms with Crippen molar-refractivity contribution in [1.82, 2.24) is 0 Å². The first-order valence-electron chi connectivity index (χ1n) is 7.14. The highest BCUT2D eigenvalue weighted by atomic mass is 32.2. The minimum Gasteiger partial charge on any atom is -0.495 e. The van der Waals surface area contributed by atoms with Gasteiger partial charge in [0.2, 0.25) is 0 Å². The van der Waals surface area contributed by atoms with Gasteiger partial charge in [0.25, 0.3) is 0 Å². The minimum absolute atomic E-state index is 0.128. The maximum absolute atomic E-state index is 12.7. The van der Waals surface area contributed by atoms with Crippen LogP contribution in [0.5, 0.6) is 5.75 Å². The van der Waals surface area contributed by atoms with Crippen LogP contribution in [-0.2, 0) is 0 Å². The van der Waals surface area contributed by atoms with E-state index in [-0.39, 0.29) is 6.03 Å². The van der Waals surface area contributed by atoms with Crippen LogP contribution in [0, 0.1) is 6.92 Å². The third-order valence-electron chi connectivity index (χ3n) is 3.57. The Hall–Kier alpha value is -2.14. The summed E-state index contributed by atoms with van der Waals surface area (Å²) in [5, 5.41) is 2.97. The van der Waals surface area contributed by atoms with Crippen molar-refractivity contribution < 1.29 is 9.53 Å². The van der Waals surface area contributed by atoms with Crippen LogP contribution in [0.1, 0.15) is 5.56 Å². The lowest BCUT2D eigenvalue weighted by atomic mass is 10.2. The van der Waals surface area contributed by atoms with Gasteiger partial charge in [-0.25, -0.2) is 4.79 Å². The van der Waals surface area contributed by atoms with E-state index in [1.165, 1.54) is 0 Å². The van der Waals surface area contributed by atoms with Gasteiger partial charge in [-0.1, -0.05) is 18.2 Å². The zero-order valence-electron chi connectivity index (χ0n) is 12.6. The normalized spacial score (nSPS) is 13.5. The Morgan fingerprint density at radius 3 is 2.91 bits per heavy atom. The number of carbonyl (C=O) groups is 1. The van der Waals surface area contributed by atoms with Crippen LogP contribution >= 0.6 is 11.8 Å². The number of hydrogen-bond acceptors (Lipinski definition) is 3. The number of amides is 2. The first-order chi connectivity index (χ1) is 10.7. The van der Waals surface area contributed by atoms with E-state index in [1.807, 2.05) is 49.4 Å². The fraction of sp³-hybridized carbons (Fsp3) is 0.235. The van der Waals surface area contributed by atoms with E-state index in [4.69, 9.17) is 4.74 Å². The summed E-state index contributed by atoms with van der Waals surface area (Å²) in [6, 6.07) is 13.6. The number of hydrogen-bond donors (Lipinski definition) is 1. The minimum atomic E-state index is -0.128. The molecule has 0 unspecified atom stereocenters. The molecule has 0 radical (unpaired) electrons. The molecule has 0 bridgehead atoms. The molecule has 1 N–H and O–H groups in total. The molecule has 0 saturated carbocycles. The lowest BCUT2D eigenvalue weighted by Gasteiger charge is -2.29. The molecule has 1 aliphatic rings. The van der Waals surface area contributed by atoms with Gasteiger partial charge in [-0.15, -0.1) is 11.8 Å². The molecule has 5 heteroatoms. The molecule has 3 rings (SSSR count). The lowest BCUT2D eigenvalue weighted by molar-refractivity contribution is 0.257. The van der Waals surface area contributed by atoms with Gasteiger partial charge in [-0.05, 0) is 36.8 Å². The average Bonchev–Trinajstić information content (AvgIpc) is 2.54. The van der Waals surface area contributed by atoms with Crippen molar-refractivity contribution in [3.63, 3.8) is 0 Å². The Kier molecular flexibility index (Phi) is 4.24. The highest BCUT2D eigenvalue weighted by Gasteiger charge is 2.23. The number of para-hydroxylation sites is 1. The quantitative estimate of drug-likeness (QED) is 0.905. The summed E-state index contributed by atoms with van der Waals surface area (Å²) in [5.41, 5.74) is 2.73. The molecule has 0 spiro atoms. The van der Waals surface area contributed by atoms with Gasteiger partial charge >= 0.3 is 6.03 Å². The van der Waals surface area contributed by atoms with Crippen LogP contribution in [0.25, 0.3) is 0 Å². The number of urea groups is 1. The zero-order valence-corrected chi connectivity index (χ0v) is 13.4. The third-order valence-corrected chi connectivity index (χ3v) is 4.61. The standard InChI is InChI=1S/C17H18N2O2S/c1-12-7-8-15(21-2)13(11-12)18-17(20)19-9-10-22-16-6-4-3-5-14(16)19/h3-8,11H,9-10H2,1-2H3,(H,18,20). The smallest absolute Gasteiger partial charge is 0.326 e. The van der Waals surface area contributed by atoms with Crippen LogP contribution in [0.3, 0.4) is 0 Å². The summed E-state index contributed by atoms with van der Waals surface area (Å²) in [7, 11) is 1.60. The number of anilines is 2. The molecule has 0 fully saturated rings. The summed E-state index contributed by atoms with van der Waals surface area (Å²) in [5.74, 6) is 1.56. The number of nitrogens with one attached hydrogen (secondary N) is 1. The van der Waals surface area contributed by atoms with Crippen molar-refractivity contribution in [3.8, 4) is 5.75 Å². The van der Waals surface area contributed by atoms with Gasteiger partial charge < -0.3 is 10.1 Å². The van der Waals surface area contributed by atoms with E-state index in [9.17, 15) is 4.79 Å². The van der Waals surface area contributed by atoms with Crippen molar-refractivity contribution in [2.24, 2.45) is 0 Å². The molecule has 114 valence electrons. The summed E-state index contributed by atoms with van der Waals surface area (Å²) >= 11 is 1.78. The van der Waals surface area contributed by atoms with Crippen molar-refractivity contribution in [2.75, 3.05) is 29.6 Å². The second-order valence-corrected chi connectivity index (χ2v) is 6.24. The molecule has 1 heterocycles. The Balaban J connectivity index is 1.86. The van der Waals surface area contributed by atoms with E-state index in [1.54, 1.807) is 23.8 Å². The Morgan fingerprint density at radius 2 is 2.09 bits per heavy atom. The van der Waals surface area contributed by atoms with Crippen LogP contribution in [0.4, 0.5) is 16.2 Å². The largest absolute Gasteiger partial charge is 0.495 e. The first kappa shape index (κ1) is 14.8. The lowest BCUT2D eigenvalue weighted by Crippen LogP contribution is -2.38. The highest BCUT2D eigenvalue weighted by molar-refractivity contribution is 7.99. The molecule has 0 aromatic heterocycles. The number of ether oxygens (including phenoxy) is 1. The summed E-state index contributed by atoms with van der Waals surface area (Å²) in [4.78, 5) is 15.6. The van der Waals surface area contributed by atoms with E-state index in [2.05, 4.69) is 5.32 Å². The molecule has 22 heavy (non-hydrogen) atoms. The zero-order chi connectivity index (χ0) is 15.5. The number of thioether (sulfide) groups is 1. The fourth-order valence-corrected chi connectivity index (χ4v) is 3.48. The maximum Gasteiger partial charge on any atom is 0.326 e. The Labute approximate surface area is 134 Å². The van der Waals surface area contributed by atoms with Crippen molar-refractivity contribution in [2.45, 2.75) is 11.8 Å². The second-order valence-electron chi connectivity index (χ2n) is 5.10. The predicted octanol–water partition coefficient (Wildman–Crippen LogP) is 4.15. The van der Waals surface area contributed by atoms with Gasteiger partial charge in [0.1, 0.15) is 5.75 Å². The molecule has 2 aromatic carbocycles. The molecular weight excluding hydrogens is 296 g/mol. The summed E-state index contributed by atoms with van der Waals surface area (Å²) in [6.07, 6.45) is 0. The van der Waals surface area contributed by atoms with Gasteiger partial charge in [0.15, 0.2) is 0 Å². The fourth-order valence-electron chi connectivity index (χ4n) is 2.48. The highest BCUT2D eigenvalue weighted by Crippen LogP contribution is 2.35. The molecule has 0 atom stereocenters. The van der Waals surface area contributed by atoms with E-state index in [0.717, 1.165) is 21.9 Å². The molecule has 2 amide bonds. The number of methoxy groups -OCH3 is 1. The Bertz CT molecular complexity index is 703. The number of rotatable bonds is 2. The number of fused-ring (bicyclic) bond motifs is 1. The van der Waals surface area contributed by atoms with E-state index >= 15 is 0 Å². The summed E-state index contributed by atoms with van der Waals surface area (Å²) in [6.45, 7) is 2.68. The molecular formula is C17H18N2O2S. The monoisotopic (exact) mass is 314 g/mol. The molecule has 1 aliphatic heterocycles. The first-order valence-corrected chi connectivity index (χ1v) is 8.12. The Morgan fingerprint density at radius 1 is 1.27 bits per heavy atom. The van der Waals surface area contributed by atoms with Gasteiger partial charge in [-0.3, -0.25) is 4.90 Å². The molecule has 0 saturated heterocycles. The second kappa shape index (κ2) is 6.32. The number of carbonyl (C=O) groups excluding carboxylic acids is 1. The topological polar surface area (TPSA) is 41.6 Å². The van der Waals surface area contributed by atoms with Gasteiger partial charge in [0, 0.05) is 17.2 Å². The van der Waals surface area contributed by atoms with Crippen molar-refractivity contribution >= 4 is 29.2 Å². The maximum atomic E-state index is 12.7. The molecule has 4 nitrogen and oxygen atoms in total. The van der Waals surface area contributed by atoms with Gasteiger partial charge in [0.05, 0.1) is 18.5 Å². The van der Waals surface area contributed by atoms with E-state index in [0.29, 0.717) is 18.0 Å². The predicted molar refractivity (Wildman–Crippen MR) is 91.3 cm³/mol. The van der Waals surface area contributed by atoms with Crippen LogP contribution in [-0.4, -0.2) is 25.4 Å². The number of nitrogens with zero attached hydrogens (tertiary/aromatic N) is 1. The number of benzene rings is 2. The summed E-state index contributed by atoms with van der Waals surface area (Å²) < 4.78 is 5.32. The molecule has 2 aromatic rings.